The van der Waals surface area contributed by atoms with Crippen molar-refractivity contribution in [3.05, 3.63) is 46.4 Å². The number of anilines is 2. The second kappa shape index (κ2) is 8.61. The highest BCUT2D eigenvalue weighted by molar-refractivity contribution is 6.31. The lowest BCUT2D eigenvalue weighted by Gasteiger charge is -2.10. The summed E-state index contributed by atoms with van der Waals surface area (Å²) >= 11 is 6.13. The molecule has 0 saturated carbocycles. The van der Waals surface area contributed by atoms with Gasteiger partial charge in [0.05, 0.1) is 0 Å². The van der Waals surface area contributed by atoms with Crippen LogP contribution in [0.5, 0.6) is 0 Å². The van der Waals surface area contributed by atoms with Crippen molar-refractivity contribution < 1.29 is 9.53 Å². The van der Waals surface area contributed by atoms with E-state index in [0.29, 0.717) is 35.5 Å². The average molecular weight is 349 g/mol. The van der Waals surface area contributed by atoms with Crippen LogP contribution in [0.3, 0.4) is 0 Å². The Morgan fingerprint density at radius 3 is 2.75 bits per heavy atom. The Labute approximate surface area is 146 Å². The zero-order chi connectivity index (χ0) is 17.5. The second-order valence-electron chi connectivity index (χ2n) is 5.38. The Kier molecular flexibility index (Phi) is 6.52. The van der Waals surface area contributed by atoms with Crippen LogP contribution >= 0.6 is 11.6 Å². The number of ether oxygens (including phenoxy) is 1. The number of hydrogen-bond acceptors (Lipinski definition) is 5. The van der Waals surface area contributed by atoms with Crippen molar-refractivity contribution in [1.82, 2.24) is 15.3 Å². The molecule has 0 atom stereocenters. The topological polar surface area (TPSA) is 76.1 Å². The van der Waals surface area contributed by atoms with Gasteiger partial charge in [0.25, 0.3) is 5.91 Å². The summed E-state index contributed by atoms with van der Waals surface area (Å²) in [5, 5.41) is 6.63. The maximum Gasteiger partial charge on any atom is 0.270 e. The third-order valence-corrected chi connectivity index (χ3v) is 3.73. The van der Waals surface area contributed by atoms with Gasteiger partial charge in [-0.3, -0.25) is 4.79 Å². The lowest BCUT2D eigenvalue weighted by molar-refractivity contribution is 0.0943. The van der Waals surface area contributed by atoms with Gasteiger partial charge in [-0.15, -0.1) is 0 Å². The van der Waals surface area contributed by atoms with Gasteiger partial charge in [-0.05, 0) is 38.0 Å². The maximum absolute atomic E-state index is 12.2. The van der Waals surface area contributed by atoms with Crippen molar-refractivity contribution in [1.29, 1.82) is 0 Å². The number of aryl methyl sites for hydroxylation is 2. The van der Waals surface area contributed by atoms with Gasteiger partial charge in [-0.2, -0.15) is 0 Å². The highest BCUT2D eigenvalue weighted by Gasteiger charge is 2.10. The zero-order valence-corrected chi connectivity index (χ0v) is 14.8. The summed E-state index contributed by atoms with van der Waals surface area (Å²) < 4.78 is 4.95. The summed E-state index contributed by atoms with van der Waals surface area (Å²) in [6.45, 7) is 4.82. The Bertz CT molecular complexity index is 722. The Balaban J connectivity index is 2.10. The van der Waals surface area contributed by atoms with Crippen LogP contribution in [0.2, 0.25) is 5.02 Å². The lowest BCUT2D eigenvalue weighted by atomic mass is 10.2. The molecule has 0 aliphatic carbocycles. The van der Waals surface area contributed by atoms with Crippen LogP contribution in [0.25, 0.3) is 0 Å². The van der Waals surface area contributed by atoms with Crippen LogP contribution in [0.15, 0.2) is 24.3 Å². The van der Waals surface area contributed by atoms with Crippen molar-refractivity contribution in [3.8, 4) is 0 Å². The number of aromatic nitrogens is 2. The number of methoxy groups -OCH3 is 1. The normalized spacial score (nSPS) is 10.5. The molecule has 1 aromatic heterocycles. The summed E-state index contributed by atoms with van der Waals surface area (Å²) in [6, 6.07) is 7.26. The number of halogens is 1. The number of benzene rings is 1. The third kappa shape index (κ3) is 5.18. The standard InChI is InChI=1S/C17H21ClN4O2/c1-11-5-6-13(9-14(11)18)22-16-10-15(20-12(2)21-16)17(23)19-7-4-8-24-3/h5-6,9-10H,4,7-8H2,1-3H3,(H,19,23)(H,20,21,22). The first-order valence-corrected chi connectivity index (χ1v) is 8.03. The molecule has 0 aliphatic rings. The fourth-order valence-corrected chi connectivity index (χ4v) is 2.26. The Morgan fingerprint density at radius 2 is 2.04 bits per heavy atom. The summed E-state index contributed by atoms with van der Waals surface area (Å²) in [4.78, 5) is 20.7. The van der Waals surface area contributed by atoms with E-state index in [-0.39, 0.29) is 5.91 Å². The van der Waals surface area contributed by atoms with Crippen LogP contribution in [-0.4, -0.2) is 36.1 Å². The van der Waals surface area contributed by atoms with Gasteiger partial charge in [0.15, 0.2) is 0 Å². The number of rotatable bonds is 7. The van der Waals surface area contributed by atoms with Crippen LogP contribution < -0.4 is 10.6 Å². The molecule has 128 valence electrons. The molecule has 24 heavy (non-hydrogen) atoms. The molecule has 2 rings (SSSR count). The molecule has 1 aromatic carbocycles. The fourth-order valence-electron chi connectivity index (χ4n) is 2.08. The molecule has 7 heteroatoms. The van der Waals surface area contributed by atoms with Crippen molar-refractivity contribution in [2.75, 3.05) is 25.6 Å². The van der Waals surface area contributed by atoms with Gasteiger partial charge < -0.3 is 15.4 Å². The minimum atomic E-state index is -0.235. The lowest BCUT2D eigenvalue weighted by Crippen LogP contribution is -2.26. The number of carbonyl (C=O) groups excluding carboxylic acids is 1. The molecule has 2 aromatic rings. The second-order valence-corrected chi connectivity index (χ2v) is 5.78. The number of nitrogens with zero attached hydrogens (tertiary/aromatic N) is 2. The summed E-state index contributed by atoms with van der Waals surface area (Å²) in [7, 11) is 1.63. The number of hydrogen-bond donors (Lipinski definition) is 2. The quantitative estimate of drug-likeness (QED) is 0.751. The fraction of sp³-hybridized carbons (Fsp3) is 0.353. The van der Waals surface area contributed by atoms with E-state index in [1.807, 2.05) is 25.1 Å². The highest BCUT2D eigenvalue weighted by atomic mass is 35.5. The zero-order valence-electron chi connectivity index (χ0n) is 14.0. The van der Waals surface area contributed by atoms with Crippen molar-refractivity contribution >= 4 is 29.0 Å². The molecule has 2 N–H and O–H groups in total. The Hall–Kier alpha value is -2.18. The molecule has 1 heterocycles. The molecule has 0 fully saturated rings. The van der Waals surface area contributed by atoms with E-state index in [2.05, 4.69) is 20.6 Å². The maximum atomic E-state index is 12.2. The van der Waals surface area contributed by atoms with Crippen molar-refractivity contribution in [3.63, 3.8) is 0 Å². The molecule has 0 bridgehead atoms. The minimum Gasteiger partial charge on any atom is -0.385 e. The molecular weight excluding hydrogens is 328 g/mol. The molecule has 0 spiro atoms. The van der Waals surface area contributed by atoms with Crippen LogP contribution in [0.4, 0.5) is 11.5 Å². The summed E-state index contributed by atoms with van der Waals surface area (Å²) in [6.07, 6.45) is 0.749. The van der Waals surface area contributed by atoms with Crippen molar-refractivity contribution in [2.24, 2.45) is 0 Å². The molecular formula is C17H21ClN4O2. The number of carbonyl (C=O) groups is 1. The molecule has 0 radical (unpaired) electrons. The predicted molar refractivity (Wildman–Crippen MR) is 95.1 cm³/mol. The van der Waals surface area contributed by atoms with E-state index in [4.69, 9.17) is 16.3 Å². The molecule has 6 nitrogen and oxygen atoms in total. The largest absolute Gasteiger partial charge is 0.385 e. The first-order valence-electron chi connectivity index (χ1n) is 7.65. The molecule has 0 aliphatic heterocycles. The van der Waals surface area contributed by atoms with Gasteiger partial charge in [0.2, 0.25) is 0 Å². The summed E-state index contributed by atoms with van der Waals surface area (Å²) in [5.41, 5.74) is 2.12. The minimum absolute atomic E-state index is 0.235. The number of nitrogens with one attached hydrogen (secondary N) is 2. The SMILES string of the molecule is COCCCNC(=O)c1cc(Nc2ccc(C)c(Cl)c2)nc(C)n1. The van der Waals surface area contributed by atoms with Gasteiger partial charge >= 0.3 is 0 Å². The first-order chi connectivity index (χ1) is 11.5. The average Bonchev–Trinajstić information content (AvgIpc) is 2.54. The van der Waals surface area contributed by atoms with E-state index in [9.17, 15) is 4.79 Å². The van der Waals surface area contributed by atoms with Gasteiger partial charge in [-0.1, -0.05) is 17.7 Å². The van der Waals surface area contributed by atoms with Crippen LogP contribution in [0.1, 0.15) is 28.3 Å². The van der Waals surface area contributed by atoms with Crippen LogP contribution in [0, 0.1) is 13.8 Å². The van der Waals surface area contributed by atoms with Gasteiger partial charge in [0.1, 0.15) is 17.3 Å². The molecule has 0 unspecified atom stereocenters. The van der Waals surface area contributed by atoms with Crippen LogP contribution in [-0.2, 0) is 4.74 Å². The van der Waals surface area contributed by atoms with Crippen molar-refractivity contribution in [2.45, 2.75) is 20.3 Å². The number of amides is 1. The highest BCUT2D eigenvalue weighted by Crippen LogP contribution is 2.22. The van der Waals surface area contributed by atoms with E-state index in [1.54, 1.807) is 20.1 Å². The smallest absolute Gasteiger partial charge is 0.270 e. The summed E-state index contributed by atoms with van der Waals surface area (Å²) in [5.74, 6) is 0.825. The monoisotopic (exact) mass is 348 g/mol. The molecule has 1 amide bonds. The van der Waals surface area contributed by atoms with E-state index in [0.717, 1.165) is 17.7 Å². The third-order valence-electron chi connectivity index (χ3n) is 3.33. The Morgan fingerprint density at radius 1 is 1.25 bits per heavy atom. The van der Waals surface area contributed by atoms with Gasteiger partial charge in [-0.25, -0.2) is 9.97 Å². The molecule has 0 saturated heterocycles. The van der Waals surface area contributed by atoms with E-state index < -0.39 is 0 Å². The first kappa shape index (κ1) is 18.2. The van der Waals surface area contributed by atoms with E-state index >= 15 is 0 Å². The predicted octanol–water partition coefficient (Wildman–Crippen LogP) is 3.26. The van der Waals surface area contributed by atoms with E-state index in [1.165, 1.54) is 0 Å². The van der Waals surface area contributed by atoms with Gasteiger partial charge in [0, 0.05) is 37.0 Å².